The molecule has 3 aromatic rings. The second kappa shape index (κ2) is 8.38. The van der Waals surface area contributed by atoms with E-state index in [1.54, 1.807) is 14.2 Å². The Morgan fingerprint density at radius 1 is 1.21 bits per heavy atom. The van der Waals surface area contributed by atoms with Crippen molar-refractivity contribution in [2.45, 2.75) is 19.4 Å². The third kappa shape index (κ3) is 3.96. The Labute approximate surface area is 169 Å². The van der Waals surface area contributed by atoms with Crippen LogP contribution in [-0.2, 0) is 11.3 Å². The van der Waals surface area contributed by atoms with E-state index in [0.29, 0.717) is 18.8 Å². The second-order valence-corrected chi connectivity index (χ2v) is 7.11. The minimum atomic E-state index is -0.0935. The predicted molar refractivity (Wildman–Crippen MR) is 109 cm³/mol. The first kappa shape index (κ1) is 19.0. The van der Waals surface area contributed by atoms with Crippen molar-refractivity contribution in [2.75, 3.05) is 32.2 Å². The number of rotatable bonds is 6. The van der Waals surface area contributed by atoms with Crippen molar-refractivity contribution < 1.29 is 14.3 Å². The maximum Gasteiger partial charge on any atom is 0.231 e. The highest BCUT2D eigenvalue weighted by Gasteiger charge is 2.28. The average Bonchev–Trinajstić information content (AvgIpc) is 3.21. The Bertz CT molecular complexity index is 1000. The van der Waals surface area contributed by atoms with E-state index in [1.807, 2.05) is 47.0 Å². The molecule has 4 rings (SSSR count). The highest BCUT2D eigenvalue weighted by Crippen LogP contribution is 2.25. The number of ether oxygens (including phenoxy) is 2. The standard InChI is InChI=1S/C21H25N5O3/c1-28-17-9-8-15(18(12-17)29-2)13-22-20(27)16-6-5-10-25(14-16)21-24-23-19-7-3-4-11-26(19)21/h3-4,7-9,11-12,16H,5-6,10,13-14H2,1-2H3,(H,22,27)/t16-/m1/s1. The Hall–Kier alpha value is -3.29. The van der Waals surface area contributed by atoms with Gasteiger partial charge in [-0.15, -0.1) is 10.2 Å². The molecule has 1 aliphatic heterocycles. The maximum absolute atomic E-state index is 12.8. The largest absolute Gasteiger partial charge is 0.497 e. The van der Waals surface area contributed by atoms with Gasteiger partial charge in [0, 0.05) is 37.5 Å². The lowest BCUT2D eigenvalue weighted by Crippen LogP contribution is -2.43. The molecule has 8 nitrogen and oxygen atoms in total. The summed E-state index contributed by atoms with van der Waals surface area (Å²) in [6.45, 7) is 1.91. The molecule has 0 bridgehead atoms. The average molecular weight is 395 g/mol. The number of carbonyl (C=O) groups excluding carboxylic acids is 1. The van der Waals surface area contributed by atoms with E-state index in [0.717, 1.165) is 42.3 Å². The van der Waals surface area contributed by atoms with Gasteiger partial charge in [0.1, 0.15) is 11.5 Å². The van der Waals surface area contributed by atoms with Crippen molar-refractivity contribution in [1.82, 2.24) is 19.9 Å². The lowest BCUT2D eigenvalue weighted by Gasteiger charge is -2.32. The van der Waals surface area contributed by atoms with E-state index in [9.17, 15) is 4.79 Å². The van der Waals surface area contributed by atoms with Crippen LogP contribution in [0, 0.1) is 5.92 Å². The summed E-state index contributed by atoms with van der Waals surface area (Å²) in [5.74, 6) is 2.16. The summed E-state index contributed by atoms with van der Waals surface area (Å²) in [5, 5.41) is 11.6. The number of hydrogen-bond acceptors (Lipinski definition) is 6. The minimum Gasteiger partial charge on any atom is -0.497 e. The number of nitrogens with zero attached hydrogens (tertiary/aromatic N) is 4. The fourth-order valence-electron chi connectivity index (χ4n) is 3.74. The Kier molecular flexibility index (Phi) is 5.50. The fourth-order valence-corrected chi connectivity index (χ4v) is 3.74. The number of nitrogens with one attached hydrogen (secondary N) is 1. The number of amides is 1. The van der Waals surface area contributed by atoms with Crippen molar-refractivity contribution in [2.24, 2.45) is 5.92 Å². The van der Waals surface area contributed by atoms with Gasteiger partial charge in [-0.25, -0.2) is 0 Å². The molecule has 1 amide bonds. The van der Waals surface area contributed by atoms with E-state index in [1.165, 1.54) is 0 Å². The number of piperidine rings is 1. The summed E-state index contributed by atoms with van der Waals surface area (Å²) >= 11 is 0. The van der Waals surface area contributed by atoms with Crippen LogP contribution in [0.5, 0.6) is 11.5 Å². The molecule has 152 valence electrons. The first-order valence-electron chi connectivity index (χ1n) is 9.73. The third-order valence-electron chi connectivity index (χ3n) is 5.32. The summed E-state index contributed by atoms with van der Waals surface area (Å²) in [6.07, 6.45) is 3.74. The van der Waals surface area contributed by atoms with Gasteiger partial charge in [0.15, 0.2) is 5.65 Å². The summed E-state index contributed by atoms with van der Waals surface area (Å²) < 4.78 is 12.6. The lowest BCUT2D eigenvalue weighted by molar-refractivity contribution is -0.125. The van der Waals surface area contributed by atoms with Gasteiger partial charge < -0.3 is 19.7 Å². The van der Waals surface area contributed by atoms with Crippen LogP contribution >= 0.6 is 0 Å². The topological polar surface area (TPSA) is 81.0 Å². The zero-order valence-corrected chi connectivity index (χ0v) is 16.7. The van der Waals surface area contributed by atoms with E-state index in [2.05, 4.69) is 20.4 Å². The first-order valence-corrected chi connectivity index (χ1v) is 9.73. The molecule has 29 heavy (non-hydrogen) atoms. The molecule has 1 atom stereocenters. The number of fused-ring (bicyclic) bond motifs is 1. The van der Waals surface area contributed by atoms with Gasteiger partial charge in [-0.2, -0.15) is 0 Å². The molecule has 8 heteroatoms. The van der Waals surface area contributed by atoms with Gasteiger partial charge in [-0.3, -0.25) is 9.20 Å². The summed E-state index contributed by atoms with van der Waals surface area (Å²) in [6, 6.07) is 11.4. The molecule has 0 aliphatic carbocycles. The van der Waals surface area contributed by atoms with Crippen molar-refractivity contribution in [1.29, 1.82) is 0 Å². The zero-order chi connectivity index (χ0) is 20.2. The van der Waals surface area contributed by atoms with Crippen LogP contribution < -0.4 is 19.7 Å². The number of anilines is 1. The van der Waals surface area contributed by atoms with Crippen molar-refractivity contribution in [3.63, 3.8) is 0 Å². The normalized spacial score (nSPS) is 16.6. The van der Waals surface area contributed by atoms with Crippen LogP contribution in [0.1, 0.15) is 18.4 Å². The number of pyridine rings is 1. The summed E-state index contributed by atoms with van der Waals surface area (Å²) in [4.78, 5) is 15.0. The number of hydrogen-bond donors (Lipinski definition) is 1. The maximum atomic E-state index is 12.8. The number of aromatic nitrogens is 3. The zero-order valence-electron chi connectivity index (χ0n) is 16.7. The second-order valence-electron chi connectivity index (χ2n) is 7.11. The molecule has 0 radical (unpaired) electrons. The van der Waals surface area contributed by atoms with E-state index in [-0.39, 0.29) is 11.8 Å². The minimum absolute atomic E-state index is 0.0430. The molecule has 0 spiro atoms. The first-order chi connectivity index (χ1) is 14.2. The van der Waals surface area contributed by atoms with Crippen LogP contribution in [0.3, 0.4) is 0 Å². The van der Waals surface area contributed by atoms with Crippen LogP contribution in [0.25, 0.3) is 5.65 Å². The monoisotopic (exact) mass is 395 g/mol. The van der Waals surface area contributed by atoms with Gasteiger partial charge in [-0.05, 0) is 37.1 Å². The molecule has 1 N–H and O–H groups in total. The molecule has 2 aromatic heterocycles. The van der Waals surface area contributed by atoms with Gasteiger partial charge in [0.25, 0.3) is 0 Å². The van der Waals surface area contributed by atoms with Crippen molar-refractivity contribution in [3.8, 4) is 11.5 Å². The summed E-state index contributed by atoms with van der Waals surface area (Å²) in [5.41, 5.74) is 1.72. The van der Waals surface area contributed by atoms with Crippen LogP contribution in [0.2, 0.25) is 0 Å². The Morgan fingerprint density at radius 2 is 2.10 bits per heavy atom. The molecular formula is C21H25N5O3. The van der Waals surface area contributed by atoms with Gasteiger partial charge in [0.2, 0.25) is 11.9 Å². The smallest absolute Gasteiger partial charge is 0.231 e. The lowest BCUT2D eigenvalue weighted by atomic mass is 9.97. The third-order valence-corrected chi connectivity index (χ3v) is 5.32. The molecule has 0 unspecified atom stereocenters. The number of benzene rings is 1. The molecule has 1 fully saturated rings. The SMILES string of the molecule is COc1ccc(CNC(=O)[C@@H]2CCCN(c3nnc4ccccn34)C2)c(OC)c1. The Morgan fingerprint density at radius 3 is 2.93 bits per heavy atom. The fraction of sp³-hybridized carbons (Fsp3) is 0.381. The van der Waals surface area contributed by atoms with Crippen LogP contribution in [-0.4, -0.2) is 47.8 Å². The van der Waals surface area contributed by atoms with E-state index in [4.69, 9.17) is 9.47 Å². The van der Waals surface area contributed by atoms with Gasteiger partial charge in [-0.1, -0.05) is 6.07 Å². The molecule has 1 saturated heterocycles. The molecule has 1 aromatic carbocycles. The van der Waals surface area contributed by atoms with Crippen molar-refractivity contribution in [3.05, 3.63) is 48.2 Å². The molecule has 1 aliphatic rings. The highest BCUT2D eigenvalue weighted by molar-refractivity contribution is 5.79. The quantitative estimate of drug-likeness (QED) is 0.690. The number of carbonyl (C=O) groups is 1. The van der Waals surface area contributed by atoms with Gasteiger partial charge >= 0.3 is 0 Å². The summed E-state index contributed by atoms with van der Waals surface area (Å²) in [7, 11) is 3.23. The van der Waals surface area contributed by atoms with Crippen LogP contribution in [0.15, 0.2) is 42.6 Å². The Balaban J connectivity index is 1.42. The molecular weight excluding hydrogens is 370 g/mol. The van der Waals surface area contributed by atoms with Crippen molar-refractivity contribution >= 4 is 17.5 Å². The van der Waals surface area contributed by atoms with Gasteiger partial charge in [0.05, 0.1) is 20.1 Å². The molecule has 0 saturated carbocycles. The highest BCUT2D eigenvalue weighted by atomic mass is 16.5. The predicted octanol–water partition coefficient (Wildman–Crippen LogP) is 2.28. The van der Waals surface area contributed by atoms with Crippen LogP contribution in [0.4, 0.5) is 5.95 Å². The number of methoxy groups -OCH3 is 2. The van der Waals surface area contributed by atoms with E-state index >= 15 is 0 Å². The molecule has 3 heterocycles. The van der Waals surface area contributed by atoms with E-state index < -0.39 is 0 Å².